The fourth-order valence-electron chi connectivity index (χ4n) is 2.22. The van der Waals surface area contributed by atoms with Crippen LogP contribution in [0.25, 0.3) is 0 Å². The molecule has 1 heterocycles. The molecule has 1 aliphatic rings. The molecule has 1 aromatic carbocycles. The number of guanidine groups is 1. The van der Waals surface area contributed by atoms with Gasteiger partial charge in [-0.05, 0) is 49.9 Å². The SMILES string of the molecule is Cc1cc(C)cc(NC(N)=NCc2noc(C3CC3)n2)c1.I. The summed E-state index contributed by atoms with van der Waals surface area (Å²) in [7, 11) is 0. The molecule has 118 valence electrons. The van der Waals surface area contributed by atoms with E-state index in [9.17, 15) is 0 Å². The maximum Gasteiger partial charge on any atom is 0.229 e. The second kappa shape index (κ2) is 7.08. The molecule has 0 amide bonds. The Morgan fingerprint density at radius 3 is 2.64 bits per heavy atom. The van der Waals surface area contributed by atoms with Gasteiger partial charge in [-0.15, -0.1) is 24.0 Å². The molecule has 0 spiro atoms. The molecule has 0 radical (unpaired) electrons. The number of nitrogens with zero attached hydrogens (tertiary/aromatic N) is 3. The number of hydrogen-bond donors (Lipinski definition) is 2. The van der Waals surface area contributed by atoms with Crippen molar-refractivity contribution in [2.45, 2.75) is 39.2 Å². The fourth-order valence-corrected chi connectivity index (χ4v) is 2.22. The van der Waals surface area contributed by atoms with Crippen molar-refractivity contribution in [3.8, 4) is 0 Å². The van der Waals surface area contributed by atoms with Crippen molar-refractivity contribution in [2.75, 3.05) is 5.32 Å². The molecule has 22 heavy (non-hydrogen) atoms. The van der Waals surface area contributed by atoms with Crippen LogP contribution in [-0.2, 0) is 6.54 Å². The van der Waals surface area contributed by atoms with Crippen LogP contribution in [0.15, 0.2) is 27.7 Å². The average molecular weight is 413 g/mol. The zero-order chi connectivity index (χ0) is 14.8. The first-order chi connectivity index (χ1) is 10.1. The number of nitrogens with two attached hydrogens (primary N) is 1. The summed E-state index contributed by atoms with van der Waals surface area (Å²) in [5.74, 6) is 2.10. The van der Waals surface area contributed by atoms with Crippen LogP contribution >= 0.6 is 24.0 Å². The minimum atomic E-state index is 0. The molecule has 0 atom stereocenters. The molecule has 3 N–H and O–H groups in total. The molecule has 7 heteroatoms. The number of anilines is 1. The predicted octanol–water partition coefficient (Wildman–Crippen LogP) is 3.11. The van der Waals surface area contributed by atoms with E-state index < -0.39 is 0 Å². The van der Waals surface area contributed by atoms with Crippen molar-refractivity contribution < 1.29 is 4.52 Å². The molecule has 1 fully saturated rings. The Morgan fingerprint density at radius 2 is 2.00 bits per heavy atom. The summed E-state index contributed by atoms with van der Waals surface area (Å²) in [4.78, 5) is 8.55. The van der Waals surface area contributed by atoms with Gasteiger partial charge in [0, 0.05) is 11.6 Å². The van der Waals surface area contributed by atoms with Gasteiger partial charge in [0.05, 0.1) is 0 Å². The first kappa shape index (κ1) is 16.7. The van der Waals surface area contributed by atoms with E-state index >= 15 is 0 Å². The third-order valence-electron chi connectivity index (χ3n) is 3.30. The van der Waals surface area contributed by atoms with Crippen molar-refractivity contribution >= 4 is 35.6 Å². The zero-order valence-corrected chi connectivity index (χ0v) is 15.0. The summed E-state index contributed by atoms with van der Waals surface area (Å²) < 4.78 is 5.18. The topological polar surface area (TPSA) is 89.3 Å². The number of aromatic nitrogens is 2. The molecule has 1 aromatic heterocycles. The Bertz CT molecular complexity index is 658. The largest absolute Gasteiger partial charge is 0.370 e. The van der Waals surface area contributed by atoms with E-state index in [1.807, 2.05) is 26.0 Å². The Kier molecular flexibility index (Phi) is 5.38. The van der Waals surface area contributed by atoms with Crippen molar-refractivity contribution in [1.29, 1.82) is 0 Å². The van der Waals surface area contributed by atoms with Gasteiger partial charge < -0.3 is 15.6 Å². The van der Waals surface area contributed by atoms with Gasteiger partial charge in [0.1, 0.15) is 6.54 Å². The normalized spacial score (nSPS) is 14.5. The maximum absolute atomic E-state index is 5.89. The predicted molar refractivity (Wildman–Crippen MR) is 96.6 cm³/mol. The lowest BCUT2D eigenvalue weighted by Gasteiger charge is -2.07. The molecular weight excluding hydrogens is 393 g/mol. The Labute approximate surface area is 146 Å². The van der Waals surface area contributed by atoms with Gasteiger partial charge in [-0.25, -0.2) is 4.99 Å². The van der Waals surface area contributed by atoms with Crippen LogP contribution in [0.3, 0.4) is 0 Å². The van der Waals surface area contributed by atoms with Crippen LogP contribution in [0.1, 0.15) is 41.6 Å². The molecule has 1 saturated carbocycles. The molecule has 0 aliphatic heterocycles. The first-order valence-electron chi connectivity index (χ1n) is 7.08. The fraction of sp³-hybridized carbons (Fsp3) is 0.400. The highest BCUT2D eigenvalue weighted by atomic mass is 127. The highest BCUT2D eigenvalue weighted by molar-refractivity contribution is 14.0. The highest BCUT2D eigenvalue weighted by Crippen LogP contribution is 2.38. The lowest BCUT2D eigenvalue weighted by atomic mass is 10.1. The van der Waals surface area contributed by atoms with E-state index in [1.54, 1.807) is 0 Å². The van der Waals surface area contributed by atoms with E-state index in [0.29, 0.717) is 24.2 Å². The lowest BCUT2D eigenvalue weighted by molar-refractivity contribution is 0.374. The van der Waals surface area contributed by atoms with Crippen molar-refractivity contribution in [1.82, 2.24) is 10.1 Å². The Balaban J connectivity index is 0.00000176. The summed E-state index contributed by atoms with van der Waals surface area (Å²) in [5.41, 5.74) is 9.17. The van der Waals surface area contributed by atoms with E-state index in [1.165, 1.54) is 11.1 Å². The molecule has 3 rings (SSSR count). The van der Waals surface area contributed by atoms with Crippen molar-refractivity contribution in [2.24, 2.45) is 10.7 Å². The summed E-state index contributed by atoms with van der Waals surface area (Å²) in [6, 6.07) is 6.15. The summed E-state index contributed by atoms with van der Waals surface area (Å²) in [5, 5.41) is 6.99. The molecule has 6 nitrogen and oxygen atoms in total. The quantitative estimate of drug-likeness (QED) is 0.457. The number of benzene rings is 1. The number of rotatable bonds is 4. The van der Waals surface area contributed by atoms with E-state index in [4.69, 9.17) is 10.3 Å². The maximum atomic E-state index is 5.89. The molecule has 0 bridgehead atoms. The minimum Gasteiger partial charge on any atom is -0.370 e. The van der Waals surface area contributed by atoms with Gasteiger partial charge >= 0.3 is 0 Å². The number of hydrogen-bond acceptors (Lipinski definition) is 4. The molecule has 0 saturated heterocycles. The van der Waals surface area contributed by atoms with Crippen molar-refractivity contribution in [3.63, 3.8) is 0 Å². The monoisotopic (exact) mass is 413 g/mol. The van der Waals surface area contributed by atoms with E-state index in [2.05, 4.69) is 26.5 Å². The van der Waals surface area contributed by atoms with E-state index in [0.717, 1.165) is 24.4 Å². The van der Waals surface area contributed by atoms with Gasteiger partial charge in [0.2, 0.25) is 5.89 Å². The second-order valence-electron chi connectivity index (χ2n) is 5.53. The second-order valence-corrected chi connectivity index (χ2v) is 5.53. The Hall–Kier alpha value is -1.64. The van der Waals surface area contributed by atoms with Crippen LogP contribution in [0.4, 0.5) is 5.69 Å². The number of nitrogens with one attached hydrogen (secondary N) is 1. The molecular formula is C15H20IN5O. The number of halogens is 1. The molecule has 1 aliphatic carbocycles. The summed E-state index contributed by atoms with van der Waals surface area (Å²) in [6.45, 7) is 4.41. The molecule has 0 unspecified atom stereocenters. The highest BCUT2D eigenvalue weighted by Gasteiger charge is 2.29. The number of aryl methyl sites for hydroxylation is 2. The third kappa shape index (κ3) is 4.43. The Morgan fingerprint density at radius 1 is 1.32 bits per heavy atom. The van der Waals surface area contributed by atoms with Gasteiger partial charge in [-0.3, -0.25) is 0 Å². The zero-order valence-electron chi connectivity index (χ0n) is 12.7. The lowest BCUT2D eigenvalue weighted by Crippen LogP contribution is -2.22. The van der Waals surface area contributed by atoms with Gasteiger partial charge in [-0.1, -0.05) is 11.2 Å². The first-order valence-corrected chi connectivity index (χ1v) is 7.08. The minimum absolute atomic E-state index is 0. The van der Waals surface area contributed by atoms with Crippen LogP contribution in [0, 0.1) is 13.8 Å². The number of aliphatic imine (C=N–C) groups is 1. The van der Waals surface area contributed by atoms with Gasteiger partial charge in [-0.2, -0.15) is 4.98 Å². The molecule has 2 aromatic rings. The van der Waals surface area contributed by atoms with Crippen LogP contribution in [0.2, 0.25) is 0 Å². The van der Waals surface area contributed by atoms with Gasteiger partial charge in [0.25, 0.3) is 0 Å². The summed E-state index contributed by atoms with van der Waals surface area (Å²) >= 11 is 0. The third-order valence-corrected chi connectivity index (χ3v) is 3.30. The van der Waals surface area contributed by atoms with Crippen LogP contribution in [0.5, 0.6) is 0 Å². The average Bonchev–Trinajstić information content (AvgIpc) is 3.14. The smallest absolute Gasteiger partial charge is 0.229 e. The van der Waals surface area contributed by atoms with Crippen LogP contribution in [-0.4, -0.2) is 16.1 Å². The standard InChI is InChI=1S/C15H19N5O.HI/c1-9-5-10(2)7-12(6-9)18-15(16)17-8-13-19-14(21-20-13)11-3-4-11;/h5-7,11H,3-4,8H2,1-2H3,(H3,16,17,18);1H. The van der Waals surface area contributed by atoms with Crippen LogP contribution < -0.4 is 11.1 Å². The van der Waals surface area contributed by atoms with Gasteiger partial charge in [0.15, 0.2) is 11.8 Å². The van der Waals surface area contributed by atoms with E-state index in [-0.39, 0.29) is 24.0 Å². The summed E-state index contributed by atoms with van der Waals surface area (Å²) in [6.07, 6.45) is 2.28. The van der Waals surface area contributed by atoms with Crippen molar-refractivity contribution in [3.05, 3.63) is 41.0 Å².